The first-order chi connectivity index (χ1) is 9.15. The average Bonchev–Trinajstić information content (AvgIpc) is 2.86. The largest absolute Gasteiger partial charge is 0.337 e. The molecular weight excluding hydrogens is 371 g/mol. The molecule has 19 heavy (non-hydrogen) atoms. The monoisotopic (exact) mass is 374 g/mol. The van der Waals surface area contributed by atoms with Gasteiger partial charge in [0.25, 0.3) is 0 Å². The van der Waals surface area contributed by atoms with Gasteiger partial charge in [0.15, 0.2) is 0 Å². The number of fused-ring (bicyclic) bond motifs is 1. The van der Waals surface area contributed by atoms with Crippen LogP contribution in [0.4, 0.5) is 11.5 Å². The molecule has 1 aromatic carbocycles. The Morgan fingerprint density at radius 1 is 1.11 bits per heavy atom. The van der Waals surface area contributed by atoms with E-state index in [-0.39, 0.29) is 0 Å². The normalized spacial score (nSPS) is 10.9. The van der Waals surface area contributed by atoms with Crippen molar-refractivity contribution < 1.29 is 0 Å². The molecule has 3 aromatic rings. The Morgan fingerprint density at radius 2 is 1.89 bits per heavy atom. The van der Waals surface area contributed by atoms with Crippen LogP contribution in [0, 0.1) is 0 Å². The SMILES string of the molecule is Clc1cc(Cl)c2nsnc2c1Nc1ccc(Br)cn1. The number of pyridine rings is 1. The van der Waals surface area contributed by atoms with Crippen LogP contribution in [0.3, 0.4) is 0 Å². The van der Waals surface area contributed by atoms with E-state index in [0.717, 1.165) is 16.2 Å². The Balaban J connectivity index is 2.09. The Bertz CT molecular complexity index is 744. The fraction of sp³-hybridized carbons (Fsp3) is 0. The molecule has 0 saturated carbocycles. The van der Waals surface area contributed by atoms with Gasteiger partial charge in [0.05, 0.1) is 27.5 Å². The third-order valence-corrected chi connectivity index (χ3v) is 4.01. The maximum absolute atomic E-state index is 6.20. The minimum absolute atomic E-state index is 0.481. The van der Waals surface area contributed by atoms with Crippen LogP contribution in [-0.4, -0.2) is 13.7 Å². The van der Waals surface area contributed by atoms with Crippen molar-refractivity contribution in [3.63, 3.8) is 0 Å². The molecule has 0 unspecified atom stereocenters. The predicted molar refractivity (Wildman–Crippen MR) is 82.7 cm³/mol. The van der Waals surface area contributed by atoms with Crippen molar-refractivity contribution in [3.8, 4) is 0 Å². The van der Waals surface area contributed by atoms with Crippen molar-refractivity contribution in [2.45, 2.75) is 0 Å². The van der Waals surface area contributed by atoms with Crippen molar-refractivity contribution in [2.75, 3.05) is 5.32 Å². The van der Waals surface area contributed by atoms with Crippen LogP contribution in [0.25, 0.3) is 11.0 Å². The standard InChI is InChI=1S/C11H5BrCl2N4S/c12-5-1-2-8(15-4-5)16-9-6(13)3-7(14)10-11(9)18-19-17-10/h1-4H,(H,15,16). The lowest BCUT2D eigenvalue weighted by Crippen LogP contribution is -1.95. The van der Waals surface area contributed by atoms with Gasteiger partial charge in [-0.05, 0) is 34.1 Å². The summed E-state index contributed by atoms with van der Waals surface area (Å²) in [5.74, 6) is 0.668. The minimum Gasteiger partial charge on any atom is -0.337 e. The Labute approximate surface area is 131 Å². The quantitative estimate of drug-likeness (QED) is 0.692. The summed E-state index contributed by atoms with van der Waals surface area (Å²) < 4.78 is 9.27. The number of rotatable bonds is 2. The van der Waals surface area contributed by atoms with E-state index in [1.54, 1.807) is 12.3 Å². The van der Waals surface area contributed by atoms with Crippen LogP contribution in [0.2, 0.25) is 10.0 Å². The van der Waals surface area contributed by atoms with Crippen molar-refractivity contribution in [1.82, 2.24) is 13.7 Å². The molecule has 0 fully saturated rings. The zero-order chi connectivity index (χ0) is 13.4. The summed E-state index contributed by atoms with van der Waals surface area (Å²) in [7, 11) is 0. The number of benzene rings is 1. The molecule has 0 aliphatic rings. The van der Waals surface area contributed by atoms with E-state index in [4.69, 9.17) is 23.2 Å². The summed E-state index contributed by atoms with van der Waals surface area (Å²) in [4.78, 5) is 4.23. The average molecular weight is 376 g/mol. The molecule has 2 aromatic heterocycles. The van der Waals surface area contributed by atoms with E-state index in [1.165, 1.54) is 0 Å². The molecule has 0 bridgehead atoms. The van der Waals surface area contributed by atoms with Gasteiger partial charge in [-0.3, -0.25) is 0 Å². The first kappa shape index (κ1) is 13.1. The molecule has 1 N–H and O–H groups in total. The molecule has 0 atom stereocenters. The Morgan fingerprint density at radius 3 is 2.63 bits per heavy atom. The molecule has 96 valence electrons. The fourth-order valence-electron chi connectivity index (χ4n) is 1.57. The van der Waals surface area contributed by atoms with Crippen LogP contribution < -0.4 is 5.32 Å². The van der Waals surface area contributed by atoms with E-state index in [9.17, 15) is 0 Å². The van der Waals surface area contributed by atoms with Crippen LogP contribution >= 0.6 is 50.9 Å². The lowest BCUT2D eigenvalue weighted by atomic mass is 10.2. The van der Waals surface area contributed by atoms with E-state index >= 15 is 0 Å². The molecule has 8 heteroatoms. The Kier molecular flexibility index (Phi) is 3.58. The maximum Gasteiger partial charge on any atom is 0.131 e. The lowest BCUT2D eigenvalue weighted by molar-refractivity contribution is 1.29. The molecule has 0 saturated heterocycles. The van der Waals surface area contributed by atoms with E-state index in [1.807, 2.05) is 12.1 Å². The number of anilines is 2. The number of halogens is 3. The summed E-state index contributed by atoms with van der Waals surface area (Å²) in [5.41, 5.74) is 1.94. The van der Waals surface area contributed by atoms with Crippen LogP contribution in [-0.2, 0) is 0 Å². The molecule has 0 spiro atoms. The van der Waals surface area contributed by atoms with Gasteiger partial charge in [-0.15, -0.1) is 0 Å². The van der Waals surface area contributed by atoms with Gasteiger partial charge in [0, 0.05) is 10.7 Å². The number of aromatic nitrogens is 3. The fourth-order valence-corrected chi connectivity index (χ4v) is 2.96. The van der Waals surface area contributed by atoms with Gasteiger partial charge in [0.2, 0.25) is 0 Å². The molecule has 2 heterocycles. The van der Waals surface area contributed by atoms with Gasteiger partial charge in [-0.25, -0.2) is 4.98 Å². The molecule has 0 aliphatic carbocycles. The van der Waals surface area contributed by atoms with E-state index in [0.29, 0.717) is 32.6 Å². The second kappa shape index (κ2) is 5.20. The van der Waals surface area contributed by atoms with Crippen LogP contribution in [0.1, 0.15) is 0 Å². The zero-order valence-corrected chi connectivity index (χ0v) is 13.1. The first-order valence-corrected chi connectivity index (χ1v) is 7.42. The second-order valence-electron chi connectivity index (χ2n) is 3.66. The van der Waals surface area contributed by atoms with E-state index < -0.39 is 0 Å². The predicted octanol–water partition coefficient (Wildman–Crippen LogP) is 4.90. The summed E-state index contributed by atoms with van der Waals surface area (Å²) in [5, 5.41) is 4.11. The maximum atomic E-state index is 6.20. The van der Waals surface area contributed by atoms with Crippen LogP contribution in [0.15, 0.2) is 28.9 Å². The van der Waals surface area contributed by atoms with Gasteiger partial charge >= 0.3 is 0 Å². The van der Waals surface area contributed by atoms with Crippen molar-refractivity contribution >= 4 is 73.4 Å². The molecular formula is C11H5BrCl2N4S. The highest BCUT2D eigenvalue weighted by atomic mass is 79.9. The summed E-state index contributed by atoms with van der Waals surface area (Å²) in [6, 6.07) is 5.37. The first-order valence-electron chi connectivity index (χ1n) is 5.14. The topological polar surface area (TPSA) is 50.7 Å². The van der Waals surface area contributed by atoms with Gasteiger partial charge < -0.3 is 5.32 Å². The molecule has 0 amide bonds. The third-order valence-electron chi connectivity index (χ3n) is 2.42. The highest BCUT2D eigenvalue weighted by molar-refractivity contribution is 9.10. The molecule has 0 radical (unpaired) electrons. The smallest absolute Gasteiger partial charge is 0.131 e. The number of nitrogens with one attached hydrogen (secondary N) is 1. The third kappa shape index (κ3) is 2.53. The van der Waals surface area contributed by atoms with Gasteiger partial charge in [-0.2, -0.15) is 8.75 Å². The van der Waals surface area contributed by atoms with Crippen molar-refractivity contribution in [1.29, 1.82) is 0 Å². The van der Waals surface area contributed by atoms with Gasteiger partial charge in [-0.1, -0.05) is 23.2 Å². The van der Waals surface area contributed by atoms with E-state index in [2.05, 4.69) is 35.0 Å². The number of nitrogens with zero attached hydrogens (tertiary/aromatic N) is 3. The van der Waals surface area contributed by atoms with Crippen molar-refractivity contribution in [2.24, 2.45) is 0 Å². The number of hydrogen-bond donors (Lipinski definition) is 1. The molecule has 3 rings (SSSR count). The highest BCUT2D eigenvalue weighted by Crippen LogP contribution is 2.36. The van der Waals surface area contributed by atoms with Gasteiger partial charge in [0.1, 0.15) is 16.9 Å². The zero-order valence-electron chi connectivity index (χ0n) is 9.19. The van der Waals surface area contributed by atoms with Crippen molar-refractivity contribution in [3.05, 3.63) is 38.9 Å². The van der Waals surface area contributed by atoms with Crippen LogP contribution in [0.5, 0.6) is 0 Å². The summed E-state index contributed by atoms with van der Waals surface area (Å²) in [6.07, 6.45) is 1.70. The Hall–Kier alpha value is -0.950. The lowest BCUT2D eigenvalue weighted by Gasteiger charge is -2.08. The highest BCUT2D eigenvalue weighted by Gasteiger charge is 2.14. The number of hydrogen-bond acceptors (Lipinski definition) is 5. The second-order valence-corrected chi connectivity index (χ2v) is 5.92. The summed E-state index contributed by atoms with van der Waals surface area (Å²) >= 11 is 16.7. The molecule has 4 nitrogen and oxygen atoms in total. The summed E-state index contributed by atoms with van der Waals surface area (Å²) in [6.45, 7) is 0. The minimum atomic E-state index is 0.481. The molecule has 0 aliphatic heterocycles.